The molecule has 0 heterocycles. The smallest absolute Gasteiger partial charge is 0.329 e. The number of hydrogen-bond donors (Lipinski definition) is 3. The van der Waals surface area contributed by atoms with Crippen molar-refractivity contribution in [1.29, 1.82) is 0 Å². The molecule has 0 bridgehead atoms. The maximum atomic E-state index is 12.5. The Balaban J connectivity index is 2.70. The lowest BCUT2D eigenvalue weighted by Gasteiger charge is -2.22. The van der Waals surface area contributed by atoms with Crippen molar-refractivity contribution in [2.24, 2.45) is 0 Å². The van der Waals surface area contributed by atoms with Crippen molar-refractivity contribution in [2.75, 3.05) is 12.0 Å². The first-order valence-electron chi connectivity index (χ1n) is 9.22. The number of rotatable bonds is 8. The van der Waals surface area contributed by atoms with Gasteiger partial charge in [-0.05, 0) is 58.3 Å². The van der Waals surface area contributed by atoms with Crippen LogP contribution in [0, 0.1) is 0 Å². The molecular formula is C20H29N3O5S. The molecule has 4 amide bonds. The molecule has 0 fully saturated rings. The lowest BCUT2D eigenvalue weighted by molar-refractivity contribution is -0.156. The summed E-state index contributed by atoms with van der Waals surface area (Å²) < 4.78 is 5.18. The largest absolute Gasteiger partial charge is 0.451 e. The first-order valence-corrected chi connectivity index (χ1v) is 10.6. The first-order chi connectivity index (χ1) is 13.5. The molecule has 0 spiro atoms. The maximum Gasteiger partial charge on any atom is 0.329 e. The van der Waals surface area contributed by atoms with Gasteiger partial charge in [0.15, 0.2) is 6.10 Å². The van der Waals surface area contributed by atoms with Crippen LogP contribution in [0.1, 0.15) is 44.5 Å². The van der Waals surface area contributed by atoms with E-state index in [9.17, 15) is 19.2 Å². The summed E-state index contributed by atoms with van der Waals surface area (Å²) >= 11 is 1.52. The average Bonchev–Trinajstić information content (AvgIpc) is 2.63. The van der Waals surface area contributed by atoms with E-state index in [2.05, 4.69) is 16.0 Å². The molecule has 0 aliphatic rings. The standard InChI is InChI=1S/C20H29N3O5S/c1-13(16(24)22-19(27)23-20(2,3)4)28-18(26)15(11-12-29-5)21-17(25)14-9-7-6-8-10-14/h6-10,13,15H,11-12H2,1-5H3,(H,21,25)(H2,22,23,24,27)/t13-,15-/m1/s1. The minimum absolute atomic E-state index is 0.345. The van der Waals surface area contributed by atoms with Crippen molar-refractivity contribution in [3.8, 4) is 0 Å². The fraction of sp³-hybridized carbons (Fsp3) is 0.500. The van der Waals surface area contributed by atoms with Crippen LogP contribution >= 0.6 is 11.8 Å². The molecule has 1 aromatic carbocycles. The third kappa shape index (κ3) is 9.47. The Morgan fingerprint density at radius 3 is 2.28 bits per heavy atom. The Labute approximate surface area is 175 Å². The van der Waals surface area contributed by atoms with Gasteiger partial charge in [0.05, 0.1) is 0 Å². The summed E-state index contributed by atoms with van der Waals surface area (Å²) in [5, 5.41) is 7.36. The highest BCUT2D eigenvalue weighted by Gasteiger charge is 2.27. The SMILES string of the molecule is CSCC[C@@H](NC(=O)c1ccccc1)C(=O)O[C@H](C)C(=O)NC(=O)NC(C)(C)C. The number of urea groups is 1. The summed E-state index contributed by atoms with van der Waals surface area (Å²) in [6.45, 7) is 6.67. The number of amides is 4. The molecule has 0 aromatic heterocycles. The van der Waals surface area contributed by atoms with E-state index < -0.39 is 41.5 Å². The number of imide groups is 1. The Hall–Kier alpha value is -2.55. The number of benzene rings is 1. The highest BCUT2D eigenvalue weighted by Crippen LogP contribution is 2.07. The molecule has 1 rings (SSSR count). The van der Waals surface area contributed by atoms with E-state index >= 15 is 0 Å². The Morgan fingerprint density at radius 2 is 1.72 bits per heavy atom. The van der Waals surface area contributed by atoms with E-state index in [1.165, 1.54) is 18.7 Å². The van der Waals surface area contributed by atoms with Crippen LogP contribution in [0.2, 0.25) is 0 Å². The predicted octanol–water partition coefficient (Wildman–Crippen LogP) is 2.09. The van der Waals surface area contributed by atoms with Crippen LogP contribution in [0.25, 0.3) is 0 Å². The van der Waals surface area contributed by atoms with Crippen LogP contribution < -0.4 is 16.0 Å². The molecule has 0 aliphatic heterocycles. The normalized spacial score (nSPS) is 13.0. The molecule has 8 nitrogen and oxygen atoms in total. The zero-order chi connectivity index (χ0) is 22.0. The van der Waals surface area contributed by atoms with Crippen LogP contribution in [0.15, 0.2) is 30.3 Å². The molecule has 160 valence electrons. The summed E-state index contributed by atoms with van der Waals surface area (Å²) in [7, 11) is 0. The molecule has 0 unspecified atom stereocenters. The number of carbonyl (C=O) groups is 4. The number of ether oxygens (including phenoxy) is 1. The van der Waals surface area contributed by atoms with Crippen molar-refractivity contribution in [3.63, 3.8) is 0 Å². The highest BCUT2D eigenvalue weighted by molar-refractivity contribution is 7.98. The molecule has 3 N–H and O–H groups in total. The monoisotopic (exact) mass is 423 g/mol. The summed E-state index contributed by atoms with van der Waals surface area (Å²) in [6, 6.07) is 6.91. The van der Waals surface area contributed by atoms with Gasteiger partial charge in [-0.1, -0.05) is 18.2 Å². The average molecular weight is 424 g/mol. The Morgan fingerprint density at radius 1 is 1.10 bits per heavy atom. The number of esters is 1. The summed E-state index contributed by atoms with van der Waals surface area (Å²) in [6.07, 6.45) is 1.03. The molecule has 0 aliphatic carbocycles. The van der Waals surface area contributed by atoms with Gasteiger partial charge in [-0.3, -0.25) is 14.9 Å². The van der Waals surface area contributed by atoms with E-state index in [0.29, 0.717) is 17.7 Å². The lowest BCUT2D eigenvalue weighted by atomic mass is 10.1. The minimum Gasteiger partial charge on any atom is -0.451 e. The molecule has 0 radical (unpaired) electrons. The minimum atomic E-state index is -1.20. The van der Waals surface area contributed by atoms with Gasteiger partial charge in [0, 0.05) is 11.1 Å². The Bertz CT molecular complexity index is 719. The predicted molar refractivity (Wildman–Crippen MR) is 113 cm³/mol. The third-order valence-corrected chi connectivity index (χ3v) is 4.27. The van der Waals surface area contributed by atoms with Crippen LogP contribution in [0.4, 0.5) is 4.79 Å². The van der Waals surface area contributed by atoms with Crippen LogP contribution in [-0.4, -0.2) is 53.5 Å². The van der Waals surface area contributed by atoms with E-state index in [0.717, 1.165) is 0 Å². The number of carbonyl (C=O) groups excluding carboxylic acids is 4. The van der Waals surface area contributed by atoms with Gasteiger partial charge in [0.1, 0.15) is 6.04 Å². The molecule has 2 atom stereocenters. The fourth-order valence-corrected chi connectivity index (χ4v) is 2.68. The zero-order valence-corrected chi connectivity index (χ0v) is 18.2. The van der Waals surface area contributed by atoms with Gasteiger partial charge >= 0.3 is 12.0 Å². The maximum absolute atomic E-state index is 12.5. The molecule has 0 saturated carbocycles. The molecule has 1 aromatic rings. The van der Waals surface area contributed by atoms with E-state index in [1.807, 2.05) is 6.26 Å². The number of thioether (sulfide) groups is 1. The lowest BCUT2D eigenvalue weighted by Crippen LogP contribution is -2.51. The second-order valence-electron chi connectivity index (χ2n) is 7.45. The van der Waals surface area contributed by atoms with Crippen LogP contribution in [-0.2, 0) is 14.3 Å². The van der Waals surface area contributed by atoms with Gasteiger partial charge in [-0.15, -0.1) is 0 Å². The van der Waals surface area contributed by atoms with Crippen molar-refractivity contribution in [2.45, 2.75) is 51.8 Å². The van der Waals surface area contributed by atoms with E-state index in [1.54, 1.807) is 51.1 Å². The first kappa shape index (κ1) is 24.5. The van der Waals surface area contributed by atoms with Crippen LogP contribution in [0.5, 0.6) is 0 Å². The fourth-order valence-electron chi connectivity index (χ4n) is 2.21. The van der Waals surface area contributed by atoms with Crippen LogP contribution in [0.3, 0.4) is 0 Å². The van der Waals surface area contributed by atoms with Gasteiger partial charge in [-0.2, -0.15) is 11.8 Å². The van der Waals surface area contributed by atoms with Gasteiger partial charge < -0.3 is 15.4 Å². The van der Waals surface area contributed by atoms with Gasteiger partial charge in [0.2, 0.25) is 0 Å². The second-order valence-corrected chi connectivity index (χ2v) is 8.43. The number of nitrogens with one attached hydrogen (secondary N) is 3. The second kappa shape index (κ2) is 11.5. The zero-order valence-electron chi connectivity index (χ0n) is 17.4. The molecular weight excluding hydrogens is 394 g/mol. The van der Waals surface area contributed by atoms with Crippen molar-refractivity contribution < 1.29 is 23.9 Å². The van der Waals surface area contributed by atoms with E-state index in [4.69, 9.17) is 4.74 Å². The summed E-state index contributed by atoms with van der Waals surface area (Å²) in [5.74, 6) is -1.28. The molecule has 29 heavy (non-hydrogen) atoms. The summed E-state index contributed by atoms with van der Waals surface area (Å²) in [4.78, 5) is 48.8. The number of hydrogen-bond acceptors (Lipinski definition) is 6. The third-order valence-electron chi connectivity index (χ3n) is 3.62. The topological polar surface area (TPSA) is 114 Å². The quantitative estimate of drug-likeness (QED) is 0.552. The van der Waals surface area contributed by atoms with Crippen molar-refractivity contribution >= 4 is 35.6 Å². The van der Waals surface area contributed by atoms with Gasteiger partial charge in [-0.25, -0.2) is 9.59 Å². The molecule has 0 saturated heterocycles. The van der Waals surface area contributed by atoms with Crippen molar-refractivity contribution in [1.82, 2.24) is 16.0 Å². The highest BCUT2D eigenvalue weighted by atomic mass is 32.2. The molecule has 9 heteroatoms. The van der Waals surface area contributed by atoms with Gasteiger partial charge in [0.25, 0.3) is 11.8 Å². The van der Waals surface area contributed by atoms with E-state index in [-0.39, 0.29) is 0 Å². The summed E-state index contributed by atoms with van der Waals surface area (Å²) in [5.41, 5.74) is -0.103. The van der Waals surface area contributed by atoms with Crippen molar-refractivity contribution in [3.05, 3.63) is 35.9 Å². The Kier molecular flexibility index (Phi) is 9.67.